The van der Waals surface area contributed by atoms with Crippen LogP contribution in [-0.2, 0) is 0 Å². The predicted octanol–water partition coefficient (Wildman–Crippen LogP) is 4.40. The summed E-state index contributed by atoms with van der Waals surface area (Å²) in [6.07, 6.45) is 1.83. The largest absolute Gasteiger partial charge is 0.253 e. The number of hydrogen-bond donors (Lipinski definition) is 0. The van der Waals surface area contributed by atoms with Crippen molar-refractivity contribution in [1.82, 2.24) is 9.97 Å². The molecule has 0 saturated carbocycles. The lowest BCUT2D eigenvalue weighted by atomic mass is 10.00. The zero-order valence-corrected chi connectivity index (χ0v) is 11.7. The SMILES string of the molecule is CC.Cc1cnc2cc(C(C)C)cc(C)c2n1. The zero-order valence-electron chi connectivity index (χ0n) is 11.7. The van der Waals surface area contributed by atoms with Crippen molar-refractivity contribution in [1.29, 1.82) is 0 Å². The first-order valence-electron chi connectivity index (χ1n) is 6.32. The minimum atomic E-state index is 0.538. The quantitative estimate of drug-likeness (QED) is 0.725. The van der Waals surface area contributed by atoms with E-state index in [2.05, 4.69) is 42.9 Å². The van der Waals surface area contributed by atoms with Crippen LogP contribution in [0.2, 0.25) is 0 Å². The Morgan fingerprint density at radius 3 is 2.29 bits per heavy atom. The second kappa shape index (κ2) is 5.76. The van der Waals surface area contributed by atoms with Crippen molar-refractivity contribution in [2.75, 3.05) is 0 Å². The summed E-state index contributed by atoms with van der Waals surface area (Å²) in [4.78, 5) is 8.94. The molecule has 0 aliphatic heterocycles. The number of fused-ring (bicyclic) bond motifs is 1. The molecule has 17 heavy (non-hydrogen) atoms. The van der Waals surface area contributed by atoms with E-state index in [1.165, 1.54) is 11.1 Å². The van der Waals surface area contributed by atoms with Gasteiger partial charge >= 0.3 is 0 Å². The van der Waals surface area contributed by atoms with E-state index in [-0.39, 0.29) is 0 Å². The van der Waals surface area contributed by atoms with E-state index < -0.39 is 0 Å². The van der Waals surface area contributed by atoms with Gasteiger partial charge in [0.25, 0.3) is 0 Å². The minimum Gasteiger partial charge on any atom is -0.253 e. The molecule has 0 aliphatic rings. The Labute approximate surface area is 104 Å². The molecule has 0 amide bonds. The normalized spacial score (nSPS) is 10.3. The Kier molecular flexibility index (Phi) is 4.62. The summed E-state index contributed by atoms with van der Waals surface area (Å²) in [7, 11) is 0. The smallest absolute Gasteiger partial charge is 0.0919 e. The number of nitrogens with zero attached hydrogens (tertiary/aromatic N) is 2. The van der Waals surface area contributed by atoms with Gasteiger partial charge in [-0.3, -0.25) is 4.98 Å². The molecule has 0 spiro atoms. The first-order valence-corrected chi connectivity index (χ1v) is 6.32. The maximum Gasteiger partial charge on any atom is 0.0919 e. The van der Waals surface area contributed by atoms with E-state index >= 15 is 0 Å². The molecule has 1 aromatic carbocycles. The molecule has 0 atom stereocenters. The van der Waals surface area contributed by atoms with Crippen molar-refractivity contribution < 1.29 is 0 Å². The maximum atomic E-state index is 4.51. The van der Waals surface area contributed by atoms with E-state index in [9.17, 15) is 0 Å². The Balaban J connectivity index is 0.000000686. The zero-order chi connectivity index (χ0) is 13.0. The average Bonchev–Trinajstić information content (AvgIpc) is 2.32. The van der Waals surface area contributed by atoms with Crippen LogP contribution in [0, 0.1) is 13.8 Å². The standard InChI is InChI=1S/C13H16N2.C2H6/c1-8(2)11-5-9(3)13-12(6-11)14-7-10(4)15-13;1-2/h5-8H,1-4H3;1-2H3. The van der Waals surface area contributed by atoms with Crippen LogP contribution in [0.1, 0.15) is 50.4 Å². The minimum absolute atomic E-state index is 0.538. The number of aryl methyl sites for hydroxylation is 2. The number of benzene rings is 1. The van der Waals surface area contributed by atoms with Gasteiger partial charge in [0, 0.05) is 6.20 Å². The van der Waals surface area contributed by atoms with Crippen LogP contribution in [0.3, 0.4) is 0 Å². The van der Waals surface area contributed by atoms with E-state index in [0.29, 0.717) is 5.92 Å². The fourth-order valence-corrected chi connectivity index (χ4v) is 1.73. The van der Waals surface area contributed by atoms with Crippen LogP contribution in [0.15, 0.2) is 18.3 Å². The molecule has 0 radical (unpaired) electrons. The van der Waals surface area contributed by atoms with Gasteiger partial charge < -0.3 is 0 Å². The van der Waals surface area contributed by atoms with Gasteiger partial charge in [0.05, 0.1) is 16.7 Å². The molecular weight excluding hydrogens is 208 g/mol. The molecule has 0 saturated heterocycles. The van der Waals surface area contributed by atoms with Crippen LogP contribution in [0.5, 0.6) is 0 Å². The number of rotatable bonds is 1. The van der Waals surface area contributed by atoms with Crippen LogP contribution < -0.4 is 0 Å². The molecule has 2 aromatic rings. The second-order valence-electron chi connectivity index (χ2n) is 4.37. The Bertz CT molecular complexity index is 501. The molecule has 0 fully saturated rings. The molecule has 1 heterocycles. The molecule has 0 bridgehead atoms. The summed E-state index contributed by atoms with van der Waals surface area (Å²) < 4.78 is 0. The highest BCUT2D eigenvalue weighted by Crippen LogP contribution is 2.22. The van der Waals surface area contributed by atoms with E-state index in [1.807, 2.05) is 27.0 Å². The van der Waals surface area contributed by atoms with Gasteiger partial charge in [-0.2, -0.15) is 0 Å². The molecule has 2 heteroatoms. The molecular formula is C15H22N2. The number of hydrogen-bond acceptors (Lipinski definition) is 2. The Hall–Kier alpha value is -1.44. The van der Waals surface area contributed by atoms with E-state index in [1.54, 1.807) is 0 Å². The summed E-state index contributed by atoms with van der Waals surface area (Å²) >= 11 is 0. The Morgan fingerprint density at radius 1 is 1.06 bits per heavy atom. The molecule has 0 unspecified atom stereocenters. The third-order valence-electron chi connectivity index (χ3n) is 2.65. The van der Waals surface area contributed by atoms with Crippen molar-refractivity contribution in [3.63, 3.8) is 0 Å². The summed E-state index contributed by atoms with van der Waals surface area (Å²) in [6, 6.07) is 4.35. The van der Waals surface area contributed by atoms with Crippen molar-refractivity contribution >= 4 is 11.0 Å². The average molecular weight is 230 g/mol. The van der Waals surface area contributed by atoms with E-state index in [0.717, 1.165) is 16.7 Å². The van der Waals surface area contributed by atoms with Crippen molar-refractivity contribution in [3.05, 3.63) is 35.2 Å². The second-order valence-corrected chi connectivity index (χ2v) is 4.37. The molecule has 2 rings (SSSR count). The van der Waals surface area contributed by atoms with Gasteiger partial charge in [0.15, 0.2) is 0 Å². The molecule has 92 valence electrons. The van der Waals surface area contributed by atoms with E-state index in [4.69, 9.17) is 0 Å². The van der Waals surface area contributed by atoms with Crippen molar-refractivity contribution in [2.24, 2.45) is 0 Å². The fourth-order valence-electron chi connectivity index (χ4n) is 1.73. The summed E-state index contributed by atoms with van der Waals surface area (Å²) in [6.45, 7) is 12.5. The number of aromatic nitrogens is 2. The first-order chi connectivity index (χ1) is 8.08. The van der Waals surface area contributed by atoms with Gasteiger partial charge in [0.1, 0.15) is 0 Å². The molecule has 1 aromatic heterocycles. The first kappa shape index (κ1) is 13.6. The topological polar surface area (TPSA) is 25.8 Å². The maximum absolute atomic E-state index is 4.51. The highest BCUT2D eigenvalue weighted by Gasteiger charge is 2.06. The van der Waals surface area contributed by atoms with Crippen molar-refractivity contribution in [2.45, 2.75) is 47.5 Å². The molecule has 2 nitrogen and oxygen atoms in total. The Morgan fingerprint density at radius 2 is 1.71 bits per heavy atom. The van der Waals surface area contributed by atoms with Crippen LogP contribution in [-0.4, -0.2) is 9.97 Å². The fraction of sp³-hybridized carbons (Fsp3) is 0.467. The van der Waals surface area contributed by atoms with Gasteiger partial charge in [-0.25, -0.2) is 4.98 Å². The summed E-state index contributed by atoms with van der Waals surface area (Å²) in [5, 5.41) is 0. The van der Waals surface area contributed by atoms with Gasteiger partial charge in [-0.05, 0) is 37.0 Å². The monoisotopic (exact) mass is 230 g/mol. The van der Waals surface area contributed by atoms with Gasteiger partial charge in [0.2, 0.25) is 0 Å². The van der Waals surface area contributed by atoms with Gasteiger partial charge in [-0.15, -0.1) is 0 Å². The lowest BCUT2D eigenvalue weighted by Gasteiger charge is -2.09. The molecule has 0 N–H and O–H groups in total. The lowest BCUT2D eigenvalue weighted by Crippen LogP contribution is -1.94. The third kappa shape index (κ3) is 3.02. The van der Waals surface area contributed by atoms with Crippen LogP contribution in [0.25, 0.3) is 11.0 Å². The predicted molar refractivity (Wildman–Crippen MR) is 74.4 cm³/mol. The summed E-state index contributed by atoms with van der Waals surface area (Å²) in [5.41, 5.74) is 5.55. The highest BCUT2D eigenvalue weighted by atomic mass is 14.8. The van der Waals surface area contributed by atoms with Crippen LogP contribution >= 0.6 is 0 Å². The van der Waals surface area contributed by atoms with Crippen LogP contribution in [0.4, 0.5) is 0 Å². The highest BCUT2D eigenvalue weighted by molar-refractivity contribution is 5.78. The van der Waals surface area contributed by atoms with Crippen molar-refractivity contribution in [3.8, 4) is 0 Å². The van der Waals surface area contributed by atoms with Gasteiger partial charge in [-0.1, -0.05) is 33.8 Å². The molecule has 0 aliphatic carbocycles. The third-order valence-corrected chi connectivity index (χ3v) is 2.65. The summed E-state index contributed by atoms with van der Waals surface area (Å²) in [5.74, 6) is 0.538. The lowest BCUT2D eigenvalue weighted by molar-refractivity contribution is 0.866.